The number of aryl methyl sites for hydroxylation is 1. The lowest BCUT2D eigenvalue weighted by molar-refractivity contribution is 0.340. The largest absolute Gasteiger partial charge is 0.496 e. The van der Waals surface area contributed by atoms with Crippen molar-refractivity contribution in [1.82, 2.24) is 5.32 Å². The quantitative estimate of drug-likeness (QED) is 0.845. The molecule has 0 aliphatic heterocycles. The zero-order valence-corrected chi connectivity index (χ0v) is 14.0. The molecule has 1 fully saturated rings. The Morgan fingerprint density at radius 3 is 2.71 bits per heavy atom. The fourth-order valence-electron chi connectivity index (χ4n) is 3.69. The van der Waals surface area contributed by atoms with Crippen molar-refractivity contribution in [2.45, 2.75) is 57.4 Å². The van der Waals surface area contributed by atoms with Crippen molar-refractivity contribution < 1.29 is 4.74 Å². The van der Waals surface area contributed by atoms with Crippen LogP contribution in [-0.4, -0.2) is 19.7 Å². The van der Waals surface area contributed by atoms with Crippen molar-refractivity contribution in [1.29, 1.82) is 0 Å². The predicted molar refractivity (Wildman–Crippen MR) is 90.7 cm³/mol. The van der Waals surface area contributed by atoms with Crippen molar-refractivity contribution in [3.63, 3.8) is 0 Å². The normalized spacial score (nSPS) is 24.1. The lowest BCUT2D eigenvalue weighted by Crippen LogP contribution is -2.39. The molecule has 3 heteroatoms. The summed E-state index contributed by atoms with van der Waals surface area (Å²) in [6.45, 7) is 3.39. The maximum absolute atomic E-state index is 5.67. The van der Waals surface area contributed by atoms with Crippen molar-refractivity contribution in [2.24, 2.45) is 5.92 Å². The van der Waals surface area contributed by atoms with Gasteiger partial charge in [-0.1, -0.05) is 31.9 Å². The number of nitrogens with one attached hydrogen (secondary N) is 1. The highest BCUT2D eigenvalue weighted by atomic mass is 35.5. The number of hydrogen-bond donors (Lipinski definition) is 1. The monoisotopic (exact) mass is 309 g/mol. The van der Waals surface area contributed by atoms with Gasteiger partial charge in [0.05, 0.1) is 7.11 Å². The van der Waals surface area contributed by atoms with Crippen LogP contribution in [0.25, 0.3) is 0 Å². The number of hydrogen-bond acceptors (Lipinski definition) is 2. The number of benzene rings is 1. The number of halogens is 1. The van der Waals surface area contributed by atoms with E-state index in [2.05, 4.69) is 30.4 Å². The molecule has 2 aliphatic rings. The minimum Gasteiger partial charge on any atom is -0.496 e. The standard InChI is InChI=1S/C18H27NO.ClH/c1-3-11-19-16-10-9-14-5-4-6-17(20-2)18(14)15(16)12-13-7-8-13;/h4-6,13,15-16,19H,3,7-12H2,1-2H3;1H. The van der Waals surface area contributed by atoms with E-state index in [-0.39, 0.29) is 12.4 Å². The molecule has 2 nitrogen and oxygen atoms in total. The number of ether oxygens (including phenoxy) is 1. The Morgan fingerprint density at radius 1 is 1.24 bits per heavy atom. The number of methoxy groups -OCH3 is 1. The maximum Gasteiger partial charge on any atom is 0.122 e. The highest BCUT2D eigenvalue weighted by Gasteiger charge is 2.36. The lowest BCUT2D eigenvalue weighted by Gasteiger charge is -2.35. The van der Waals surface area contributed by atoms with Gasteiger partial charge in [0.25, 0.3) is 0 Å². The van der Waals surface area contributed by atoms with E-state index >= 15 is 0 Å². The van der Waals surface area contributed by atoms with Crippen LogP contribution < -0.4 is 10.1 Å². The van der Waals surface area contributed by atoms with E-state index in [0.29, 0.717) is 12.0 Å². The Bertz CT molecular complexity index is 444. The molecule has 0 spiro atoms. The van der Waals surface area contributed by atoms with Crippen LogP contribution in [0.3, 0.4) is 0 Å². The zero-order chi connectivity index (χ0) is 13.9. The van der Waals surface area contributed by atoms with Crippen LogP contribution in [0.5, 0.6) is 5.75 Å². The van der Waals surface area contributed by atoms with Crippen LogP contribution in [0.4, 0.5) is 0 Å². The molecule has 0 amide bonds. The molecule has 21 heavy (non-hydrogen) atoms. The van der Waals surface area contributed by atoms with Gasteiger partial charge in [-0.2, -0.15) is 0 Å². The van der Waals surface area contributed by atoms with E-state index in [4.69, 9.17) is 4.74 Å². The van der Waals surface area contributed by atoms with Crippen LogP contribution >= 0.6 is 12.4 Å². The van der Waals surface area contributed by atoms with Gasteiger partial charge in [-0.25, -0.2) is 0 Å². The molecular weight excluding hydrogens is 282 g/mol. The summed E-state index contributed by atoms with van der Waals surface area (Å²) in [5.74, 6) is 2.71. The molecule has 0 aromatic heterocycles. The van der Waals surface area contributed by atoms with Crippen molar-refractivity contribution in [3.05, 3.63) is 29.3 Å². The van der Waals surface area contributed by atoms with Gasteiger partial charge >= 0.3 is 0 Å². The third kappa shape index (κ3) is 3.73. The molecule has 118 valence electrons. The Morgan fingerprint density at radius 2 is 2.05 bits per heavy atom. The Balaban J connectivity index is 0.00000161. The molecule has 0 heterocycles. The summed E-state index contributed by atoms with van der Waals surface area (Å²) in [4.78, 5) is 0. The highest BCUT2D eigenvalue weighted by Crippen LogP contribution is 2.46. The summed E-state index contributed by atoms with van der Waals surface area (Å²) in [5.41, 5.74) is 3.02. The first kappa shape index (κ1) is 16.6. The summed E-state index contributed by atoms with van der Waals surface area (Å²) in [6.07, 6.45) is 7.88. The van der Waals surface area contributed by atoms with Crippen molar-refractivity contribution in [2.75, 3.05) is 13.7 Å². The molecule has 2 aliphatic carbocycles. The number of rotatable bonds is 6. The van der Waals surface area contributed by atoms with Gasteiger partial charge in [-0.15, -0.1) is 12.4 Å². The molecule has 1 N–H and O–H groups in total. The van der Waals surface area contributed by atoms with Gasteiger partial charge < -0.3 is 10.1 Å². The average Bonchev–Trinajstić information content (AvgIpc) is 3.29. The SMILES string of the molecule is CCCNC1CCc2cccc(OC)c2C1CC1CC1.Cl. The molecule has 1 saturated carbocycles. The summed E-state index contributed by atoms with van der Waals surface area (Å²) in [7, 11) is 1.81. The van der Waals surface area contributed by atoms with Gasteiger partial charge in [-0.05, 0) is 49.8 Å². The van der Waals surface area contributed by atoms with Gasteiger partial charge in [0.2, 0.25) is 0 Å². The Hall–Kier alpha value is -0.730. The van der Waals surface area contributed by atoms with Crippen LogP contribution in [0.15, 0.2) is 18.2 Å². The minimum absolute atomic E-state index is 0. The summed E-state index contributed by atoms with van der Waals surface area (Å²) in [6, 6.07) is 7.22. The molecule has 1 aromatic carbocycles. The zero-order valence-electron chi connectivity index (χ0n) is 13.2. The Labute approximate surface area is 135 Å². The third-order valence-electron chi connectivity index (χ3n) is 4.90. The van der Waals surface area contributed by atoms with E-state index in [1.807, 2.05) is 7.11 Å². The van der Waals surface area contributed by atoms with Gasteiger partial charge in [0.15, 0.2) is 0 Å². The minimum atomic E-state index is 0. The first-order valence-corrected chi connectivity index (χ1v) is 8.22. The van der Waals surface area contributed by atoms with E-state index < -0.39 is 0 Å². The van der Waals surface area contributed by atoms with Gasteiger partial charge in [0.1, 0.15) is 5.75 Å². The van der Waals surface area contributed by atoms with Gasteiger partial charge in [0, 0.05) is 17.5 Å². The molecule has 0 saturated heterocycles. The molecule has 2 atom stereocenters. The predicted octanol–water partition coefficient (Wildman–Crippen LogP) is 4.32. The fourth-order valence-corrected chi connectivity index (χ4v) is 3.69. The summed E-state index contributed by atoms with van der Waals surface area (Å²) >= 11 is 0. The molecule has 1 aromatic rings. The van der Waals surface area contributed by atoms with E-state index in [9.17, 15) is 0 Å². The van der Waals surface area contributed by atoms with Gasteiger partial charge in [-0.3, -0.25) is 0 Å². The second kappa shape index (κ2) is 7.51. The smallest absolute Gasteiger partial charge is 0.122 e. The molecule has 0 radical (unpaired) electrons. The van der Waals surface area contributed by atoms with Crippen LogP contribution in [0.2, 0.25) is 0 Å². The van der Waals surface area contributed by atoms with Crippen molar-refractivity contribution in [3.8, 4) is 5.75 Å². The van der Waals surface area contributed by atoms with Crippen molar-refractivity contribution >= 4 is 12.4 Å². The highest BCUT2D eigenvalue weighted by molar-refractivity contribution is 5.85. The van der Waals surface area contributed by atoms with Crippen LogP contribution in [0.1, 0.15) is 56.1 Å². The molecule has 3 rings (SSSR count). The second-order valence-electron chi connectivity index (χ2n) is 6.42. The summed E-state index contributed by atoms with van der Waals surface area (Å²) in [5, 5.41) is 3.79. The average molecular weight is 310 g/mol. The number of fused-ring (bicyclic) bond motifs is 1. The first-order valence-electron chi connectivity index (χ1n) is 8.22. The first-order chi connectivity index (χ1) is 9.83. The van der Waals surface area contributed by atoms with Crippen LogP contribution in [0, 0.1) is 5.92 Å². The topological polar surface area (TPSA) is 21.3 Å². The fraction of sp³-hybridized carbons (Fsp3) is 0.667. The molecule has 2 unspecified atom stereocenters. The lowest BCUT2D eigenvalue weighted by atomic mass is 9.76. The Kier molecular flexibility index (Phi) is 5.95. The summed E-state index contributed by atoms with van der Waals surface area (Å²) < 4.78 is 5.67. The maximum atomic E-state index is 5.67. The van der Waals surface area contributed by atoms with E-state index in [1.54, 1.807) is 0 Å². The van der Waals surface area contributed by atoms with E-state index in [1.165, 1.54) is 49.7 Å². The second-order valence-corrected chi connectivity index (χ2v) is 6.42. The molecule has 0 bridgehead atoms. The third-order valence-corrected chi connectivity index (χ3v) is 4.90. The van der Waals surface area contributed by atoms with Crippen LogP contribution in [-0.2, 0) is 6.42 Å². The van der Waals surface area contributed by atoms with E-state index in [0.717, 1.165) is 18.2 Å². The molecular formula is C18H28ClNO.